The van der Waals surface area contributed by atoms with Crippen LogP contribution < -0.4 is 4.90 Å². The molecule has 2 nitrogen and oxygen atoms in total. The van der Waals surface area contributed by atoms with Crippen molar-refractivity contribution in [3.63, 3.8) is 0 Å². The molecule has 0 N–H and O–H groups in total. The molecule has 1 aromatic carbocycles. The van der Waals surface area contributed by atoms with Crippen LogP contribution in [-0.4, -0.2) is 5.78 Å². The third kappa shape index (κ3) is 3.89. The highest BCUT2D eigenvalue weighted by Gasteiger charge is 2.28. The van der Waals surface area contributed by atoms with Crippen molar-refractivity contribution < 1.29 is 4.79 Å². The van der Waals surface area contributed by atoms with Gasteiger partial charge in [0, 0.05) is 23.1 Å². The first kappa shape index (κ1) is 16.4. The van der Waals surface area contributed by atoms with Crippen LogP contribution in [-0.2, 0) is 4.79 Å². The summed E-state index contributed by atoms with van der Waals surface area (Å²) in [7, 11) is 0. The van der Waals surface area contributed by atoms with Gasteiger partial charge in [0.1, 0.15) is 0 Å². The van der Waals surface area contributed by atoms with Crippen molar-refractivity contribution in [3.05, 3.63) is 47.1 Å². The molecule has 2 aliphatic rings. The maximum absolute atomic E-state index is 12.2. The Morgan fingerprint density at radius 3 is 2.91 bits per heavy atom. The van der Waals surface area contributed by atoms with Crippen LogP contribution in [0.3, 0.4) is 0 Å². The molecule has 0 spiro atoms. The van der Waals surface area contributed by atoms with Gasteiger partial charge in [-0.05, 0) is 44.2 Å². The summed E-state index contributed by atoms with van der Waals surface area (Å²) >= 11 is 1.73. The van der Waals surface area contributed by atoms with Gasteiger partial charge in [-0.15, -0.1) is 0 Å². The van der Waals surface area contributed by atoms with Crippen molar-refractivity contribution in [2.75, 3.05) is 4.90 Å². The number of hydrogen-bond acceptors (Lipinski definition) is 3. The fraction of sp³-hybridized carbons (Fsp3) is 0.450. The number of hydrogen-bond donors (Lipinski definition) is 0. The van der Waals surface area contributed by atoms with Crippen LogP contribution in [0.1, 0.15) is 58.3 Å². The predicted molar refractivity (Wildman–Crippen MR) is 98.6 cm³/mol. The van der Waals surface area contributed by atoms with Crippen molar-refractivity contribution in [2.24, 2.45) is 0 Å². The number of carbonyl (C=O) groups excluding carboxylic acids is 1. The summed E-state index contributed by atoms with van der Waals surface area (Å²) in [6.45, 7) is 2.06. The molecule has 1 aliphatic carbocycles. The Kier molecular flexibility index (Phi) is 5.60. The van der Waals surface area contributed by atoms with Crippen molar-refractivity contribution in [3.8, 4) is 0 Å². The number of rotatable bonds is 4. The second kappa shape index (κ2) is 7.87. The third-order valence-electron chi connectivity index (χ3n) is 4.38. The zero-order valence-corrected chi connectivity index (χ0v) is 14.7. The fourth-order valence-corrected chi connectivity index (χ4v) is 4.36. The summed E-state index contributed by atoms with van der Waals surface area (Å²) in [5.41, 5.74) is 2.61. The predicted octanol–water partition coefficient (Wildman–Crippen LogP) is 6.05. The monoisotopic (exact) mass is 327 g/mol. The van der Waals surface area contributed by atoms with Gasteiger partial charge < -0.3 is 4.90 Å². The van der Waals surface area contributed by atoms with Gasteiger partial charge in [0.05, 0.1) is 10.7 Å². The molecule has 122 valence electrons. The van der Waals surface area contributed by atoms with Crippen molar-refractivity contribution in [2.45, 2.75) is 63.2 Å². The van der Waals surface area contributed by atoms with Crippen LogP contribution in [0.25, 0.3) is 0 Å². The first-order valence-corrected chi connectivity index (χ1v) is 9.62. The Hall–Kier alpha value is -1.48. The van der Waals surface area contributed by atoms with Crippen LogP contribution >= 0.6 is 11.8 Å². The molecule has 0 bridgehead atoms. The van der Waals surface area contributed by atoms with Gasteiger partial charge in [-0.1, -0.05) is 49.7 Å². The third-order valence-corrected chi connectivity index (χ3v) is 5.45. The second-order valence-corrected chi connectivity index (χ2v) is 7.31. The summed E-state index contributed by atoms with van der Waals surface area (Å²) in [4.78, 5) is 15.8. The second-order valence-electron chi connectivity index (χ2n) is 6.25. The van der Waals surface area contributed by atoms with Gasteiger partial charge in [-0.2, -0.15) is 0 Å². The Bertz CT molecular complexity index is 632. The molecule has 0 saturated heterocycles. The van der Waals surface area contributed by atoms with Gasteiger partial charge >= 0.3 is 0 Å². The molecule has 23 heavy (non-hydrogen) atoms. The fourth-order valence-electron chi connectivity index (χ4n) is 3.23. The molecule has 0 aromatic heterocycles. The van der Waals surface area contributed by atoms with Crippen LogP contribution in [0.5, 0.6) is 0 Å². The van der Waals surface area contributed by atoms with Crippen molar-refractivity contribution in [1.29, 1.82) is 0 Å². The molecule has 0 unspecified atom stereocenters. The molecule has 1 aromatic rings. The van der Waals surface area contributed by atoms with Gasteiger partial charge in [0.15, 0.2) is 5.78 Å². The van der Waals surface area contributed by atoms with Gasteiger partial charge in [-0.25, -0.2) is 0 Å². The molecule has 1 heterocycles. The van der Waals surface area contributed by atoms with E-state index in [1.807, 2.05) is 6.08 Å². The first-order valence-electron chi connectivity index (χ1n) is 8.80. The van der Waals surface area contributed by atoms with E-state index < -0.39 is 0 Å². The Morgan fingerprint density at radius 1 is 1.22 bits per heavy atom. The lowest BCUT2D eigenvalue weighted by molar-refractivity contribution is -0.114. The summed E-state index contributed by atoms with van der Waals surface area (Å²) in [6.07, 6.45) is 13.2. The highest BCUT2D eigenvalue weighted by atomic mass is 32.2. The van der Waals surface area contributed by atoms with E-state index in [0.717, 1.165) is 24.3 Å². The number of nitrogens with zero attached hydrogens (tertiary/aromatic N) is 1. The number of para-hydroxylation sites is 1. The highest BCUT2D eigenvalue weighted by molar-refractivity contribution is 8.03. The van der Waals surface area contributed by atoms with Crippen LogP contribution in [0.15, 0.2) is 52.0 Å². The van der Waals surface area contributed by atoms with E-state index in [4.69, 9.17) is 0 Å². The SMILES string of the molecule is CCCC(=O)/C=C1\Sc2ccccc2N1/C1=C/CCCCCC1. The van der Waals surface area contributed by atoms with Gasteiger partial charge in [-0.3, -0.25) is 4.79 Å². The Labute approximate surface area is 143 Å². The molecule has 0 amide bonds. The van der Waals surface area contributed by atoms with Crippen LogP contribution in [0, 0.1) is 0 Å². The summed E-state index contributed by atoms with van der Waals surface area (Å²) in [5, 5.41) is 1.08. The van der Waals surface area contributed by atoms with Crippen LogP contribution in [0.2, 0.25) is 0 Å². The van der Waals surface area contributed by atoms with Gasteiger partial charge in [0.25, 0.3) is 0 Å². The van der Waals surface area contributed by atoms with Crippen molar-refractivity contribution >= 4 is 23.2 Å². The minimum atomic E-state index is 0.235. The largest absolute Gasteiger partial charge is 0.307 e. The maximum Gasteiger partial charge on any atom is 0.158 e. The van der Waals surface area contributed by atoms with E-state index in [1.165, 1.54) is 42.0 Å². The molecular formula is C20H25NOS. The molecule has 0 atom stereocenters. The zero-order chi connectivity index (χ0) is 16.1. The Balaban J connectivity index is 1.95. The number of carbonyl (C=O) groups is 1. The van der Waals surface area contributed by atoms with Gasteiger partial charge in [0.2, 0.25) is 0 Å². The smallest absolute Gasteiger partial charge is 0.158 e. The molecule has 0 radical (unpaired) electrons. The number of benzene rings is 1. The topological polar surface area (TPSA) is 20.3 Å². The lowest BCUT2D eigenvalue weighted by atomic mass is 10.0. The maximum atomic E-state index is 12.2. The van der Waals surface area contributed by atoms with E-state index in [0.29, 0.717) is 6.42 Å². The number of thioether (sulfide) groups is 1. The molecule has 0 fully saturated rings. The normalized spacial score (nSPS) is 22.2. The van der Waals surface area contributed by atoms with E-state index >= 15 is 0 Å². The van der Waals surface area contributed by atoms with Crippen molar-refractivity contribution in [1.82, 2.24) is 0 Å². The summed E-state index contributed by atoms with van der Waals surface area (Å²) in [6, 6.07) is 8.49. The molecule has 1 aliphatic heterocycles. The molecular weight excluding hydrogens is 302 g/mol. The average molecular weight is 327 g/mol. The number of ketones is 1. The molecule has 0 saturated carbocycles. The molecule has 3 rings (SSSR count). The van der Waals surface area contributed by atoms with E-state index in [2.05, 4.69) is 42.2 Å². The number of fused-ring (bicyclic) bond motifs is 1. The minimum Gasteiger partial charge on any atom is -0.307 e. The van der Waals surface area contributed by atoms with Crippen LogP contribution in [0.4, 0.5) is 5.69 Å². The lowest BCUT2D eigenvalue weighted by Crippen LogP contribution is -2.18. The average Bonchev–Trinajstić information content (AvgIpc) is 2.85. The standard InChI is InChI=1S/C20H25NOS/c1-2-10-17(22)15-20-21(16-11-6-4-3-5-7-12-16)18-13-8-9-14-19(18)23-20/h8-9,11,13-15H,2-7,10,12H2,1H3/b16-11+,20-15-. The molecule has 3 heteroatoms. The minimum absolute atomic E-state index is 0.235. The lowest BCUT2D eigenvalue weighted by Gasteiger charge is -2.25. The highest BCUT2D eigenvalue weighted by Crippen LogP contribution is 2.48. The van der Waals surface area contributed by atoms with E-state index in [-0.39, 0.29) is 5.78 Å². The number of anilines is 1. The summed E-state index contributed by atoms with van der Waals surface area (Å²) < 4.78 is 0. The Morgan fingerprint density at radius 2 is 2.04 bits per heavy atom. The zero-order valence-electron chi connectivity index (χ0n) is 13.9. The van der Waals surface area contributed by atoms with E-state index in [1.54, 1.807) is 11.8 Å². The van der Waals surface area contributed by atoms with E-state index in [9.17, 15) is 4.79 Å². The summed E-state index contributed by atoms with van der Waals surface area (Å²) in [5.74, 6) is 0.235. The first-order chi connectivity index (χ1) is 11.3. The number of allylic oxidation sites excluding steroid dienone is 3. The quantitative estimate of drug-likeness (QED) is 0.628.